The lowest BCUT2D eigenvalue weighted by atomic mass is 10.0. The Morgan fingerprint density at radius 3 is 2.67 bits per heavy atom. The molecule has 3 aromatic rings. The van der Waals surface area contributed by atoms with E-state index >= 15 is 0 Å². The highest BCUT2D eigenvalue weighted by atomic mass is 16.5. The Morgan fingerprint density at radius 2 is 1.82 bits per heavy atom. The van der Waals surface area contributed by atoms with E-state index in [2.05, 4.69) is 28.4 Å². The molecule has 1 fully saturated rings. The molecule has 3 aliphatic heterocycles. The number of nitrogens with zero attached hydrogens (tertiary/aromatic N) is 3. The summed E-state index contributed by atoms with van der Waals surface area (Å²) < 4.78 is 9.32. The van der Waals surface area contributed by atoms with Gasteiger partial charge in [0.15, 0.2) is 0 Å². The van der Waals surface area contributed by atoms with Crippen molar-refractivity contribution in [2.75, 3.05) is 26.2 Å². The van der Waals surface area contributed by atoms with Crippen LogP contribution < -0.4 is 21.2 Å². The normalized spacial score (nSPS) is 20.7. The summed E-state index contributed by atoms with van der Waals surface area (Å²) in [5, 5.41) is 4.69. The van der Waals surface area contributed by atoms with Gasteiger partial charge in [-0.05, 0) is 68.1 Å². The summed E-state index contributed by atoms with van der Waals surface area (Å²) in [4.78, 5) is 27.5. The van der Waals surface area contributed by atoms with Crippen LogP contribution in [0, 0.1) is 0 Å². The van der Waals surface area contributed by atoms with Gasteiger partial charge in [-0.15, -0.1) is 0 Å². The van der Waals surface area contributed by atoms with Crippen molar-refractivity contribution in [3.63, 3.8) is 0 Å². The summed E-state index contributed by atoms with van der Waals surface area (Å²) in [6.45, 7) is 5.10. The first-order valence-corrected chi connectivity index (χ1v) is 12.1. The van der Waals surface area contributed by atoms with Gasteiger partial charge in [-0.1, -0.05) is 12.1 Å². The highest BCUT2D eigenvalue weighted by Gasteiger charge is 2.29. The van der Waals surface area contributed by atoms with Crippen molar-refractivity contribution in [1.82, 2.24) is 19.4 Å². The Hall–Kier alpha value is -2.90. The van der Waals surface area contributed by atoms with Crippen LogP contribution in [0.3, 0.4) is 0 Å². The van der Waals surface area contributed by atoms with Gasteiger partial charge in [0.05, 0.1) is 12.6 Å². The molecule has 0 saturated carbocycles. The summed E-state index contributed by atoms with van der Waals surface area (Å²) in [6.07, 6.45) is 4.39. The number of rotatable bonds is 5. The van der Waals surface area contributed by atoms with Crippen molar-refractivity contribution in [2.45, 2.75) is 50.9 Å². The number of likely N-dealkylation sites (tertiary alicyclic amines) is 1. The standard InChI is InChI=1S/C26H30N4O3/c31-24-7-4-19-5-8-25(32)30-22(17-29(24)26(19)30)16-28-11-9-21(10-12-28)27-15-18-3-6-23-20(14-18)2-1-13-33-23/h3-8,14,21-22,27H,1-2,9-13,15-17H2/t22-/m1/s1. The van der Waals surface area contributed by atoms with Gasteiger partial charge in [-0.2, -0.15) is 0 Å². The maximum absolute atomic E-state index is 12.6. The van der Waals surface area contributed by atoms with Crippen LogP contribution in [-0.4, -0.2) is 46.3 Å². The van der Waals surface area contributed by atoms with Crippen molar-refractivity contribution in [3.8, 4) is 5.75 Å². The molecule has 33 heavy (non-hydrogen) atoms. The van der Waals surface area contributed by atoms with E-state index in [-0.39, 0.29) is 17.2 Å². The third-order valence-corrected chi connectivity index (χ3v) is 7.44. The molecule has 1 N–H and O–H groups in total. The number of ether oxygens (including phenoxy) is 1. The zero-order valence-corrected chi connectivity index (χ0v) is 18.8. The number of aryl methyl sites for hydroxylation is 1. The number of hydrogen-bond donors (Lipinski definition) is 1. The average Bonchev–Trinajstić information content (AvgIpc) is 3.23. The van der Waals surface area contributed by atoms with Crippen LogP contribution >= 0.6 is 0 Å². The minimum absolute atomic E-state index is 0.0125. The molecule has 1 atom stereocenters. The molecule has 5 heterocycles. The fraction of sp³-hybridized carbons (Fsp3) is 0.462. The van der Waals surface area contributed by atoms with Gasteiger partial charge >= 0.3 is 0 Å². The van der Waals surface area contributed by atoms with Gasteiger partial charge in [-0.3, -0.25) is 18.7 Å². The summed E-state index contributed by atoms with van der Waals surface area (Å²) in [7, 11) is 0. The van der Waals surface area contributed by atoms with Crippen LogP contribution in [0.1, 0.15) is 36.4 Å². The third kappa shape index (κ3) is 3.89. The molecule has 0 spiro atoms. The van der Waals surface area contributed by atoms with Gasteiger partial charge in [0.1, 0.15) is 11.4 Å². The Morgan fingerprint density at radius 1 is 1.00 bits per heavy atom. The number of pyridine rings is 2. The fourth-order valence-electron chi connectivity index (χ4n) is 5.70. The Labute approximate surface area is 192 Å². The zero-order chi connectivity index (χ0) is 22.4. The number of hydrogen-bond acceptors (Lipinski definition) is 5. The molecule has 0 amide bonds. The first kappa shape index (κ1) is 20.7. The Balaban J connectivity index is 1.06. The molecule has 0 bridgehead atoms. The molecule has 2 aromatic heterocycles. The van der Waals surface area contributed by atoms with Gasteiger partial charge in [0.2, 0.25) is 0 Å². The first-order valence-electron chi connectivity index (χ1n) is 12.1. The lowest BCUT2D eigenvalue weighted by molar-refractivity contribution is 0.171. The van der Waals surface area contributed by atoms with Crippen LogP contribution in [0.15, 0.2) is 52.1 Å². The number of benzene rings is 1. The predicted molar refractivity (Wildman–Crippen MR) is 128 cm³/mol. The van der Waals surface area contributed by atoms with Crippen molar-refractivity contribution in [1.29, 1.82) is 0 Å². The minimum Gasteiger partial charge on any atom is -0.493 e. The van der Waals surface area contributed by atoms with E-state index in [1.165, 1.54) is 11.1 Å². The molecule has 172 valence electrons. The van der Waals surface area contributed by atoms with Gasteiger partial charge in [-0.25, -0.2) is 0 Å². The molecule has 1 saturated heterocycles. The van der Waals surface area contributed by atoms with E-state index in [4.69, 9.17) is 4.74 Å². The summed E-state index contributed by atoms with van der Waals surface area (Å²) in [6, 6.07) is 13.9. The Kier molecular flexibility index (Phi) is 5.31. The zero-order valence-electron chi connectivity index (χ0n) is 18.8. The molecule has 7 nitrogen and oxygen atoms in total. The molecule has 1 aromatic carbocycles. The van der Waals surface area contributed by atoms with Crippen LogP contribution in [0.25, 0.3) is 11.0 Å². The van der Waals surface area contributed by atoms with Crippen molar-refractivity contribution >= 4 is 11.0 Å². The molecule has 0 aliphatic carbocycles. The number of piperidine rings is 1. The first-order chi connectivity index (χ1) is 16.2. The second-order valence-electron chi connectivity index (χ2n) is 9.61. The predicted octanol–water partition coefficient (Wildman–Crippen LogP) is 2.30. The van der Waals surface area contributed by atoms with Gasteiger partial charge in [0, 0.05) is 43.2 Å². The molecule has 7 heteroatoms. The molecule has 3 aliphatic rings. The van der Waals surface area contributed by atoms with E-state index in [9.17, 15) is 9.59 Å². The maximum Gasteiger partial charge on any atom is 0.252 e. The third-order valence-electron chi connectivity index (χ3n) is 7.44. The fourth-order valence-corrected chi connectivity index (χ4v) is 5.70. The van der Waals surface area contributed by atoms with Crippen LogP contribution in [0.2, 0.25) is 0 Å². The van der Waals surface area contributed by atoms with E-state index in [1.807, 2.05) is 16.7 Å². The van der Waals surface area contributed by atoms with E-state index in [0.717, 1.165) is 75.3 Å². The second kappa shape index (κ2) is 8.47. The van der Waals surface area contributed by atoms with Crippen LogP contribution in [-0.2, 0) is 19.5 Å². The number of fused-ring (bicyclic) bond motifs is 1. The molecule has 6 rings (SSSR count). The number of aromatic nitrogens is 2. The monoisotopic (exact) mass is 446 g/mol. The molecule has 0 radical (unpaired) electrons. The van der Waals surface area contributed by atoms with Crippen molar-refractivity contribution in [2.24, 2.45) is 0 Å². The lowest BCUT2D eigenvalue weighted by Gasteiger charge is -2.34. The highest BCUT2D eigenvalue weighted by Crippen LogP contribution is 2.27. The Bertz CT molecular complexity index is 1300. The largest absolute Gasteiger partial charge is 0.493 e. The number of nitrogens with one attached hydrogen (secondary N) is 1. The summed E-state index contributed by atoms with van der Waals surface area (Å²) in [5.74, 6) is 1.05. The van der Waals surface area contributed by atoms with Crippen molar-refractivity contribution in [3.05, 3.63) is 74.3 Å². The maximum atomic E-state index is 12.6. The lowest BCUT2D eigenvalue weighted by Crippen LogP contribution is -2.44. The molecular weight excluding hydrogens is 416 g/mol. The summed E-state index contributed by atoms with van der Waals surface area (Å²) in [5.41, 5.74) is 3.38. The average molecular weight is 447 g/mol. The van der Waals surface area contributed by atoms with Crippen LogP contribution in [0.5, 0.6) is 5.75 Å². The minimum atomic E-state index is -0.0269. The van der Waals surface area contributed by atoms with E-state index in [0.29, 0.717) is 12.6 Å². The highest BCUT2D eigenvalue weighted by molar-refractivity contribution is 5.76. The van der Waals surface area contributed by atoms with E-state index in [1.54, 1.807) is 16.7 Å². The SMILES string of the molecule is O=c1ccc2ccc(=O)n3c2n1C[C@H]3CN1CCC(NCc2ccc3c(c2)CCCO3)CC1. The second-order valence-corrected chi connectivity index (χ2v) is 9.61. The van der Waals surface area contributed by atoms with Crippen molar-refractivity contribution < 1.29 is 4.74 Å². The quantitative estimate of drug-likeness (QED) is 0.651. The van der Waals surface area contributed by atoms with Crippen LogP contribution in [0.4, 0.5) is 0 Å². The smallest absolute Gasteiger partial charge is 0.252 e. The summed E-state index contributed by atoms with van der Waals surface area (Å²) >= 11 is 0. The van der Waals surface area contributed by atoms with Gasteiger partial charge in [0.25, 0.3) is 11.1 Å². The molecule has 0 unspecified atom stereocenters. The van der Waals surface area contributed by atoms with Gasteiger partial charge < -0.3 is 15.0 Å². The topological polar surface area (TPSA) is 68.5 Å². The van der Waals surface area contributed by atoms with E-state index < -0.39 is 0 Å². The molecular formula is C26H30N4O3.